The van der Waals surface area contributed by atoms with E-state index in [1.54, 1.807) is 4.68 Å². The summed E-state index contributed by atoms with van der Waals surface area (Å²) >= 11 is 0. The van der Waals surface area contributed by atoms with Crippen molar-refractivity contribution in [1.82, 2.24) is 30.2 Å². The van der Waals surface area contributed by atoms with Gasteiger partial charge in [-0.25, -0.2) is 0 Å². The number of rotatable bonds is 5. The smallest absolute Gasteiger partial charge is 0.225 e. The molecule has 154 valence electrons. The summed E-state index contributed by atoms with van der Waals surface area (Å²) in [5.74, 6) is 0.178. The normalized spacial score (nSPS) is 22.7. The van der Waals surface area contributed by atoms with Gasteiger partial charge in [0.15, 0.2) is 0 Å². The standard InChI is InChI=1S/C17H28N6O2.2ClH/c1-21-5-7-23(8-6-21)16(24)3-4-19-17(25)15-11-18-10-14(15)13-9-20-22(2)12-13;;/h9,12,14-15,18H,3-8,10-11H2,1-2H3,(H,19,25);2*1H/t14-,15+;;/m1../s1. The summed E-state index contributed by atoms with van der Waals surface area (Å²) in [5.41, 5.74) is 1.08. The minimum Gasteiger partial charge on any atom is -0.355 e. The van der Waals surface area contributed by atoms with E-state index in [0.717, 1.165) is 38.3 Å². The number of nitrogens with zero attached hydrogens (tertiary/aromatic N) is 4. The fourth-order valence-corrected chi connectivity index (χ4v) is 3.57. The Hall–Kier alpha value is -1.35. The van der Waals surface area contributed by atoms with Gasteiger partial charge in [-0.3, -0.25) is 14.3 Å². The van der Waals surface area contributed by atoms with Crippen LogP contribution in [-0.4, -0.2) is 84.3 Å². The Labute approximate surface area is 172 Å². The monoisotopic (exact) mass is 420 g/mol. The van der Waals surface area contributed by atoms with Crippen molar-refractivity contribution in [2.45, 2.75) is 12.3 Å². The summed E-state index contributed by atoms with van der Waals surface area (Å²) in [6.07, 6.45) is 4.16. The van der Waals surface area contributed by atoms with Crippen molar-refractivity contribution in [3.05, 3.63) is 18.0 Å². The van der Waals surface area contributed by atoms with Gasteiger partial charge in [0.1, 0.15) is 0 Å². The maximum atomic E-state index is 12.5. The highest BCUT2D eigenvalue weighted by molar-refractivity contribution is 5.85. The number of carbonyl (C=O) groups excluding carboxylic acids is 2. The first-order valence-corrected chi connectivity index (χ1v) is 8.98. The molecule has 10 heteroatoms. The summed E-state index contributed by atoms with van der Waals surface area (Å²) in [5, 5.41) is 10.4. The molecule has 27 heavy (non-hydrogen) atoms. The lowest BCUT2D eigenvalue weighted by molar-refractivity contribution is -0.132. The molecule has 0 aromatic carbocycles. The second-order valence-electron chi connectivity index (χ2n) is 7.04. The lowest BCUT2D eigenvalue weighted by Crippen LogP contribution is -2.47. The van der Waals surface area contributed by atoms with Crippen LogP contribution in [0.4, 0.5) is 0 Å². The highest BCUT2D eigenvalue weighted by Gasteiger charge is 2.34. The molecule has 2 aliphatic rings. The van der Waals surface area contributed by atoms with Crippen LogP contribution < -0.4 is 10.6 Å². The van der Waals surface area contributed by atoms with Gasteiger partial charge in [-0.05, 0) is 12.6 Å². The van der Waals surface area contributed by atoms with Crippen LogP contribution in [0, 0.1) is 5.92 Å². The molecule has 2 atom stereocenters. The number of hydrogen-bond acceptors (Lipinski definition) is 5. The van der Waals surface area contributed by atoms with Crippen LogP contribution in [0.2, 0.25) is 0 Å². The van der Waals surface area contributed by atoms with Crippen LogP contribution in [0.15, 0.2) is 12.4 Å². The first kappa shape index (κ1) is 23.7. The van der Waals surface area contributed by atoms with E-state index in [9.17, 15) is 9.59 Å². The van der Waals surface area contributed by atoms with Gasteiger partial charge in [-0.15, -0.1) is 24.8 Å². The van der Waals surface area contributed by atoms with E-state index in [1.165, 1.54) is 0 Å². The third-order valence-corrected chi connectivity index (χ3v) is 5.20. The molecule has 0 aliphatic carbocycles. The number of aromatic nitrogens is 2. The number of piperazine rings is 1. The lowest BCUT2D eigenvalue weighted by Gasteiger charge is -2.32. The van der Waals surface area contributed by atoms with Crippen LogP contribution in [0.25, 0.3) is 0 Å². The zero-order valence-electron chi connectivity index (χ0n) is 15.9. The molecule has 1 aromatic rings. The molecule has 3 heterocycles. The molecule has 0 unspecified atom stereocenters. The van der Waals surface area contributed by atoms with E-state index >= 15 is 0 Å². The van der Waals surface area contributed by atoms with Crippen LogP contribution in [-0.2, 0) is 16.6 Å². The molecule has 1 aromatic heterocycles. The van der Waals surface area contributed by atoms with Gasteiger partial charge in [0.05, 0.1) is 12.1 Å². The Bertz CT molecular complexity index is 618. The van der Waals surface area contributed by atoms with Crippen molar-refractivity contribution >= 4 is 36.6 Å². The molecular weight excluding hydrogens is 391 g/mol. The minimum atomic E-state index is -0.108. The molecule has 2 fully saturated rings. The Balaban J connectivity index is 0.00000182. The van der Waals surface area contributed by atoms with Crippen molar-refractivity contribution in [3.63, 3.8) is 0 Å². The first-order chi connectivity index (χ1) is 12.0. The van der Waals surface area contributed by atoms with Gasteiger partial charge in [0.2, 0.25) is 11.8 Å². The van der Waals surface area contributed by atoms with Gasteiger partial charge in [0.25, 0.3) is 0 Å². The Kier molecular flexibility index (Phi) is 9.52. The summed E-state index contributed by atoms with van der Waals surface area (Å²) in [6, 6.07) is 0. The molecule has 2 aliphatic heterocycles. The quantitative estimate of drug-likeness (QED) is 0.691. The van der Waals surface area contributed by atoms with E-state index in [4.69, 9.17) is 0 Å². The molecule has 0 bridgehead atoms. The summed E-state index contributed by atoms with van der Waals surface area (Å²) in [4.78, 5) is 28.9. The average Bonchev–Trinajstić information content (AvgIpc) is 3.23. The minimum absolute atomic E-state index is 0. The maximum Gasteiger partial charge on any atom is 0.225 e. The second kappa shape index (κ2) is 10.8. The third kappa shape index (κ3) is 6.07. The number of amides is 2. The van der Waals surface area contributed by atoms with Crippen molar-refractivity contribution in [1.29, 1.82) is 0 Å². The number of nitrogens with one attached hydrogen (secondary N) is 2. The number of likely N-dealkylation sites (N-methyl/N-ethyl adjacent to an activating group) is 1. The van der Waals surface area contributed by atoms with E-state index in [0.29, 0.717) is 19.5 Å². The molecule has 2 amide bonds. The molecule has 0 saturated carbocycles. The first-order valence-electron chi connectivity index (χ1n) is 8.98. The van der Waals surface area contributed by atoms with Gasteiger partial charge >= 0.3 is 0 Å². The molecule has 8 nitrogen and oxygen atoms in total. The van der Waals surface area contributed by atoms with Crippen LogP contribution in [0.3, 0.4) is 0 Å². The molecule has 0 spiro atoms. The molecule has 3 rings (SSSR count). The van der Waals surface area contributed by atoms with Crippen molar-refractivity contribution in [2.75, 3.05) is 52.9 Å². The number of hydrogen-bond donors (Lipinski definition) is 2. The lowest BCUT2D eigenvalue weighted by atomic mass is 9.90. The van der Waals surface area contributed by atoms with E-state index in [2.05, 4.69) is 27.7 Å². The topological polar surface area (TPSA) is 82.5 Å². The SMILES string of the molecule is CN1CCN(C(=O)CCNC(=O)[C@H]2CNC[C@@H]2c2cnn(C)c2)CC1.Cl.Cl. The van der Waals surface area contributed by atoms with Crippen molar-refractivity contribution < 1.29 is 9.59 Å². The molecular formula is C17H30Cl2N6O2. The maximum absolute atomic E-state index is 12.5. The summed E-state index contributed by atoms with van der Waals surface area (Å²) in [6.45, 7) is 5.23. The number of halogens is 2. The number of carbonyl (C=O) groups is 2. The zero-order valence-corrected chi connectivity index (χ0v) is 17.5. The average molecular weight is 421 g/mol. The van der Waals surface area contributed by atoms with E-state index in [-0.39, 0.29) is 48.5 Å². The van der Waals surface area contributed by atoms with Gasteiger partial charge < -0.3 is 20.4 Å². The van der Waals surface area contributed by atoms with E-state index < -0.39 is 0 Å². The third-order valence-electron chi connectivity index (χ3n) is 5.20. The van der Waals surface area contributed by atoms with Gasteiger partial charge in [-0.1, -0.05) is 0 Å². The van der Waals surface area contributed by atoms with Crippen LogP contribution >= 0.6 is 24.8 Å². The van der Waals surface area contributed by atoms with Crippen molar-refractivity contribution in [3.8, 4) is 0 Å². The van der Waals surface area contributed by atoms with Crippen LogP contribution in [0.1, 0.15) is 17.9 Å². The predicted molar refractivity (Wildman–Crippen MR) is 109 cm³/mol. The predicted octanol–water partition coefficient (Wildman–Crippen LogP) is -0.153. The Morgan fingerprint density at radius 2 is 1.89 bits per heavy atom. The second-order valence-corrected chi connectivity index (χ2v) is 7.04. The Morgan fingerprint density at radius 1 is 1.19 bits per heavy atom. The highest BCUT2D eigenvalue weighted by Crippen LogP contribution is 2.27. The summed E-state index contributed by atoms with van der Waals surface area (Å²) < 4.78 is 1.76. The highest BCUT2D eigenvalue weighted by atomic mass is 35.5. The largest absolute Gasteiger partial charge is 0.355 e. The zero-order chi connectivity index (χ0) is 17.8. The fourth-order valence-electron chi connectivity index (χ4n) is 3.57. The molecule has 2 N–H and O–H groups in total. The van der Waals surface area contributed by atoms with E-state index in [1.807, 2.05) is 24.3 Å². The van der Waals surface area contributed by atoms with Crippen LogP contribution in [0.5, 0.6) is 0 Å². The molecule has 0 radical (unpaired) electrons. The van der Waals surface area contributed by atoms with Crippen molar-refractivity contribution in [2.24, 2.45) is 13.0 Å². The Morgan fingerprint density at radius 3 is 2.52 bits per heavy atom. The number of aryl methyl sites for hydroxylation is 1. The van der Waals surface area contributed by atoms with Gasteiger partial charge in [-0.2, -0.15) is 5.10 Å². The molecule has 2 saturated heterocycles. The fraction of sp³-hybridized carbons (Fsp3) is 0.706. The van der Waals surface area contributed by atoms with Gasteiger partial charge in [0, 0.05) is 71.4 Å². The summed E-state index contributed by atoms with van der Waals surface area (Å²) in [7, 11) is 3.95.